The highest BCUT2D eigenvalue weighted by molar-refractivity contribution is 5.96. The topological polar surface area (TPSA) is 144 Å². The Morgan fingerprint density at radius 2 is 1.80 bits per heavy atom. The van der Waals surface area contributed by atoms with E-state index in [9.17, 15) is 4.79 Å². The Bertz CT molecular complexity index is 1840. The fourth-order valence-corrected chi connectivity index (χ4v) is 4.87. The van der Waals surface area contributed by atoms with Crippen LogP contribution in [0.15, 0.2) is 67.4 Å². The van der Waals surface area contributed by atoms with E-state index in [4.69, 9.17) is 4.98 Å². The summed E-state index contributed by atoms with van der Waals surface area (Å²) in [6, 6.07) is 11.4. The summed E-state index contributed by atoms with van der Waals surface area (Å²) < 4.78 is 0. The third-order valence-electron chi connectivity index (χ3n) is 7.08. The van der Waals surface area contributed by atoms with Crippen LogP contribution < -0.4 is 5.32 Å². The molecule has 2 amide bonds. The second-order valence-electron chi connectivity index (χ2n) is 9.73. The Labute approximate surface area is 228 Å². The molecule has 6 aromatic heterocycles. The number of hydrogen-bond donors (Lipinski definition) is 3. The molecule has 7 heterocycles. The molecule has 6 aromatic rings. The number of rotatable bonds is 4. The minimum Gasteiger partial charge on any atom is -0.322 e. The third-order valence-corrected chi connectivity index (χ3v) is 7.08. The van der Waals surface area contributed by atoms with E-state index in [-0.39, 0.29) is 6.03 Å². The van der Waals surface area contributed by atoms with Crippen molar-refractivity contribution in [1.82, 2.24) is 49.9 Å². The summed E-state index contributed by atoms with van der Waals surface area (Å²) in [6.07, 6.45) is 8.64. The lowest BCUT2D eigenvalue weighted by atomic mass is 10.1. The molecule has 0 spiro atoms. The fraction of sp³-hybridized carbons (Fsp3) is 0.179. The number of nitrogens with one attached hydrogen (secondary N) is 3. The average Bonchev–Trinajstić information content (AvgIpc) is 3.62. The monoisotopic (exact) mass is 531 g/mol. The Morgan fingerprint density at radius 3 is 2.65 bits per heavy atom. The first-order valence-electron chi connectivity index (χ1n) is 12.9. The molecule has 1 aliphatic heterocycles. The number of piperazine rings is 1. The minimum absolute atomic E-state index is 0.124. The quantitative estimate of drug-likeness (QED) is 0.312. The zero-order valence-electron chi connectivity index (χ0n) is 21.7. The van der Waals surface area contributed by atoms with Gasteiger partial charge in [-0.25, -0.2) is 19.7 Å². The van der Waals surface area contributed by atoms with Crippen LogP contribution in [-0.4, -0.2) is 89.2 Å². The molecule has 1 aliphatic rings. The SMILES string of the molecule is CN1CCN(C(=O)Nc2cncc(-c3cnc4[nH]nc(-c5nc6c(-c7ccccn7)ccnc6[nH]5)c4c3)c2)CC1. The average molecular weight is 532 g/mol. The smallest absolute Gasteiger partial charge is 0.321 e. The van der Waals surface area contributed by atoms with Gasteiger partial charge in [-0.3, -0.25) is 15.1 Å². The van der Waals surface area contributed by atoms with Gasteiger partial charge in [0.25, 0.3) is 0 Å². The van der Waals surface area contributed by atoms with Crippen LogP contribution in [0.2, 0.25) is 0 Å². The van der Waals surface area contributed by atoms with Crippen LogP contribution in [0.25, 0.3) is 56.1 Å². The highest BCUT2D eigenvalue weighted by Gasteiger charge is 2.20. The zero-order chi connectivity index (χ0) is 27.1. The van der Waals surface area contributed by atoms with Crippen LogP contribution in [0.5, 0.6) is 0 Å². The molecule has 198 valence electrons. The molecular weight excluding hydrogens is 506 g/mol. The first-order valence-corrected chi connectivity index (χ1v) is 12.9. The lowest BCUT2D eigenvalue weighted by Crippen LogP contribution is -2.48. The number of aromatic nitrogens is 8. The van der Waals surface area contributed by atoms with Crippen molar-refractivity contribution in [2.45, 2.75) is 0 Å². The summed E-state index contributed by atoms with van der Waals surface area (Å²) in [5, 5.41) is 11.3. The summed E-state index contributed by atoms with van der Waals surface area (Å²) >= 11 is 0. The van der Waals surface area contributed by atoms with Crippen molar-refractivity contribution < 1.29 is 4.79 Å². The number of pyridine rings is 4. The van der Waals surface area contributed by atoms with Crippen molar-refractivity contribution in [3.8, 4) is 33.9 Å². The predicted octanol–water partition coefficient (Wildman–Crippen LogP) is 3.80. The van der Waals surface area contributed by atoms with Crippen LogP contribution in [-0.2, 0) is 0 Å². The van der Waals surface area contributed by atoms with Crippen LogP contribution >= 0.6 is 0 Å². The zero-order valence-corrected chi connectivity index (χ0v) is 21.7. The fourth-order valence-electron chi connectivity index (χ4n) is 4.87. The van der Waals surface area contributed by atoms with Crippen molar-refractivity contribution >= 4 is 33.9 Å². The van der Waals surface area contributed by atoms with E-state index < -0.39 is 0 Å². The number of nitrogens with zero attached hydrogens (tertiary/aromatic N) is 8. The molecule has 0 bridgehead atoms. The molecule has 0 atom stereocenters. The van der Waals surface area contributed by atoms with E-state index in [0.29, 0.717) is 47.1 Å². The number of amides is 2. The number of carbonyl (C=O) groups is 1. The molecule has 1 saturated heterocycles. The van der Waals surface area contributed by atoms with Gasteiger partial charge in [-0.15, -0.1) is 0 Å². The Kier molecular flexibility index (Phi) is 5.86. The standard InChI is InChI=1S/C28H25N11O/c1-38-8-10-39(11-9-38)28(40)33-19-12-17(14-29-16-19)18-13-21-24(36-37-25(21)32-15-18)27-34-23-20(5-7-31-26(23)35-27)22-4-2-3-6-30-22/h2-7,12-16H,8-11H2,1H3,(H,33,40)(H,31,34,35)(H,32,36,37). The number of carbonyl (C=O) groups excluding carboxylic acids is 1. The Balaban J connectivity index is 1.20. The van der Waals surface area contributed by atoms with Crippen LogP contribution in [0.3, 0.4) is 0 Å². The minimum atomic E-state index is -0.124. The summed E-state index contributed by atoms with van der Waals surface area (Å²) in [5.41, 5.74) is 6.59. The van der Waals surface area contributed by atoms with Gasteiger partial charge in [0.15, 0.2) is 17.1 Å². The molecule has 12 nitrogen and oxygen atoms in total. The highest BCUT2D eigenvalue weighted by Crippen LogP contribution is 2.31. The molecule has 0 aromatic carbocycles. The van der Waals surface area contributed by atoms with E-state index in [1.54, 1.807) is 31.0 Å². The number of aromatic amines is 2. The van der Waals surface area contributed by atoms with Gasteiger partial charge in [0, 0.05) is 67.7 Å². The van der Waals surface area contributed by atoms with E-state index >= 15 is 0 Å². The largest absolute Gasteiger partial charge is 0.322 e. The third kappa shape index (κ3) is 4.39. The lowest BCUT2D eigenvalue weighted by molar-refractivity contribution is 0.164. The second-order valence-corrected chi connectivity index (χ2v) is 9.73. The van der Waals surface area contributed by atoms with Crippen LogP contribution in [0.1, 0.15) is 0 Å². The van der Waals surface area contributed by atoms with Gasteiger partial charge in [-0.05, 0) is 37.4 Å². The molecule has 1 fully saturated rings. The molecule has 40 heavy (non-hydrogen) atoms. The first kappa shape index (κ1) is 23.9. The lowest BCUT2D eigenvalue weighted by Gasteiger charge is -2.32. The number of likely N-dealkylation sites (N-methyl/N-ethyl adjacent to an activating group) is 1. The van der Waals surface area contributed by atoms with E-state index in [1.807, 2.05) is 41.3 Å². The van der Waals surface area contributed by atoms with E-state index in [2.05, 4.69) is 52.4 Å². The second kappa shape index (κ2) is 9.82. The van der Waals surface area contributed by atoms with Gasteiger partial charge in [0.05, 0.1) is 23.0 Å². The molecule has 12 heteroatoms. The Morgan fingerprint density at radius 1 is 0.925 bits per heavy atom. The van der Waals surface area contributed by atoms with Crippen molar-refractivity contribution in [3.63, 3.8) is 0 Å². The number of hydrogen-bond acceptors (Lipinski definition) is 8. The van der Waals surface area contributed by atoms with Crippen molar-refractivity contribution in [2.24, 2.45) is 0 Å². The highest BCUT2D eigenvalue weighted by atomic mass is 16.2. The van der Waals surface area contributed by atoms with Gasteiger partial charge in [-0.1, -0.05) is 6.07 Å². The normalized spacial score (nSPS) is 14.2. The van der Waals surface area contributed by atoms with Crippen LogP contribution in [0.4, 0.5) is 10.5 Å². The molecule has 3 N–H and O–H groups in total. The number of imidazole rings is 1. The molecule has 0 aliphatic carbocycles. The van der Waals surface area contributed by atoms with Gasteiger partial charge in [-0.2, -0.15) is 5.10 Å². The van der Waals surface area contributed by atoms with Gasteiger partial charge >= 0.3 is 6.03 Å². The maximum Gasteiger partial charge on any atom is 0.321 e. The number of urea groups is 1. The molecule has 0 unspecified atom stereocenters. The molecule has 0 radical (unpaired) electrons. The molecule has 7 rings (SSSR count). The van der Waals surface area contributed by atoms with Crippen LogP contribution in [0, 0.1) is 0 Å². The van der Waals surface area contributed by atoms with Gasteiger partial charge < -0.3 is 20.1 Å². The summed E-state index contributed by atoms with van der Waals surface area (Å²) in [4.78, 5) is 42.8. The van der Waals surface area contributed by atoms with Crippen molar-refractivity contribution in [2.75, 3.05) is 38.5 Å². The molecular formula is C28H25N11O. The Hall–Kier alpha value is -5.23. The molecule has 0 saturated carbocycles. The van der Waals surface area contributed by atoms with Crippen molar-refractivity contribution in [1.29, 1.82) is 0 Å². The van der Waals surface area contributed by atoms with Gasteiger partial charge in [0.2, 0.25) is 0 Å². The number of fused-ring (bicyclic) bond motifs is 2. The summed E-state index contributed by atoms with van der Waals surface area (Å²) in [6.45, 7) is 3.10. The maximum absolute atomic E-state index is 12.8. The summed E-state index contributed by atoms with van der Waals surface area (Å²) in [5.74, 6) is 0.572. The first-order chi connectivity index (χ1) is 19.6. The van der Waals surface area contributed by atoms with Crippen molar-refractivity contribution in [3.05, 3.63) is 67.4 Å². The summed E-state index contributed by atoms with van der Waals surface area (Å²) in [7, 11) is 2.06. The number of anilines is 1. The predicted molar refractivity (Wildman–Crippen MR) is 151 cm³/mol. The van der Waals surface area contributed by atoms with Gasteiger partial charge in [0.1, 0.15) is 11.2 Å². The van der Waals surface area contributed by atoms with E-state index in [1.165, 1.54) is 0 Å². The maximum atomic E-state index is 12.8. The number of H-pyrrole nitrogens is 2. The van der Waals surface area contributed by atoms with E-state index in [0.717, 1.165) is 40.9 Å².